The van der Waals surface area contributed by atoms with E-state index in [2.05, 4.69) is 36.4 Å². The van der Waals surface area contributed by atoms with Crippen molar-refractivity contribution in [2.45, 2.75) is 44.6 Å². The smallest absolute Gasteiger partial charge is 0.191 e. The molecule has 2 N–H and O–H groups in total. The Balaban J connectivity index is 0.00000392. The summed E-state index contributed by atoms with van der Waals surface area (Å²) in [6.07, 6.45) is 2.39. The molecule has 0 spiro atoms. The predicted octanol–water partition coefficient (Wildman–Crippen LogP) is 3.08. The van der Waals surface area contributed by atoms with Crippen molar-refractivity contribution >= 4 is 39.8 Å². The van der Waals surface area contributed by atoms with Crippen molar-refractivity contribution in [2.75, 3.05) is 32.5 Å². The molecule has 1 saturated heterocycles. The van der Waals surface area contributed by atoms with E-state index in [1.54, 1.807) is 31.3 Å². The summed E-state index contributed by atoms with van der Waals surface area (Å²) >= 11 is 0. The second kappa shape index (κ2) is 11.3. The summed E-state index contributed by atoms with van der Waals surface area (Å²) in [5.41, 5.74) is 0.0908. The first kappa shape index (κ1) is 25.2. The fraction of sp³-hybridized carbons (Fsp3) is 0.650. The number of aliphatic imine (C=N–C) groups is 1. The van der Waals surface area contributed by atoms with Gasteiger partial charge in [-0.3, -0.25) is 4.99 Å². The Labute approximate surface area is 186 Å². The lowest BCUT2D eigenvalue weighted by atomic mass is 9.78. The lowest BCUT2D eigenvalue weighted by molar-refractivity contribution is -0.0835. The van der Waals surface area contributed by atoms with Crippen LogP contribution in [0.4, 0.5) is 0 Å². The lowest BCUT2D eigenvalue weighted by Gasteiger charge is -2.40. The maximum atomic E-state index is 12.3. The molecule has 1 aliphatic rings. The maximum Gasteiger partial charge on any atom is 0.191 e. The van der Waals surface area contributed by atoms with E-state index >= 15 is 0 Å². The SMILES string of the molecule is CN=C(NCCS(=O)(=O)c1ccccc1)NCC1CCCOC1C(C)(C)C.I. The summed E-state index contributed by atoms with van der Waals surface area (Å²) in [5, 5.41) is 6.44. The highest BCUT2D eigenvalue weighted by atomic mass is 127. The second-order valence-electron chi connectivity index (χ2n) is 8.07. The van der Waals surface area contributed by atoms with Crippen LogP contribution < -0.4 is 10.6 Å². The van der Waals surface area contributed by atoms with E-state index in [1.807, 2.05) is 6.07 Å². The molecule has 0 aliphatic carbocycles. The van der Waals surface area contributed by atoms with Crippen LogP contribution in [-0.2, 0) is 14.6 Å². The number of nitrogens with zero attached hydrogens (tertiary/aromatic N) is 1. The van der Waals surface area contributed by atoms with Crippen LogP contribution >= 0.6 is 24.0 Å². The van der Waals surface area contributed by atoms with Crippen LogP contribution in [0.1, 0.15) is 33.6 Å². The van der Waals surface area contributed by atoms with Gasteiger partial charge in [0.05, 0.1) is 16.8 Å². The molecule has 2 rings (SSSR count). The van der Waals surface area contributed by atoms with E-state index in [0.29, 0.717) is 23.3 Å². The van der Waals surface area contributed by atoms with Crippen LogP contribution in [0.15, 0.2) is 40.2 Å². The molecule has 6 nitrogen and oxygen atoms in total. The normalized spacial score (nSPS) is 20.9. The Kier molecular flexibility index (Phi) is 10.2. The van der Waals surface area contributed by atoms with Crippen molar-refractivity contribution in [3.05, 3.63) is 30.3 Å². The molecule has 1 aromatic rings. The number of guanidine groups is 1. The molecule has 0 saturated carbocycles. The summed E-state index contributed by atoms with van der Waals surface area (Å²) in [7, 11) is -1.60. The Hall–Kier alpha value is -0.870. The topological polar surface area (TPSA) is 79.8 Å². The largest absolute Gasteiger partial charge is 0.377 e. The van der Waals surface area contributed by atoms with E-state index in [-0.39, 0.29) is 41.2 Å². The number of sulfone groups is 1. The minimum absolute atomic E-state index is 0. The van der Waals surface area contributed by atoms with Gasteiger partial charge in [-0.25, -0.2) is 8.42 Å². The van der Waals surface area contributed by atoms with Crippen LogP contribution in [0.2, 0.25) is 0 Å². The first-order valence-corrected chi connectivity index (χ1v) is 11.2. The second-order valence-corrected chi connectivity index (χ2v) is 10.2. The summed E-state index contributed by atoms with van der Waals surface area (Å²) in [6, 6.07) is 8.52. The predicted molar refractivity (Wildman–Crippen MR) is 125 cm³/mol. The monoisotopic (exact) mass is 523 g/mol. The Bertz CT molecular complexity index is 718. The van der Waals surface area contributed by atoms with Gasteiger partial charge in [-0.2, -0.15) is 0 Å². The number of rotatable bonds is 6. The number of benzene rings is 1. The zero-order valence-corrected chi connectivity index (χ0v) is 20.4. The van der Waals surface area contributed by atoms with E-state index in [4.69, 9.17) is 4.74 Å². The van der Waals surface area contributed by atoms with Crippen molar-refractivity contribution in [3.63, 3.8) is 0 Å². The van der Waals surface area contributed by atoms with Gasteiger partial charge in [0, 0.05) is 32.7 Å². The third kappa shape index (κ3) is 7.51. The quantitative estimate of drug-likeness (QED) is 0.341. The summed E-state index contributed by atoms with van der Waals surface area (Å²) in [5.74, 6) is 1.05. The van der Waals surface area contributed by atoms with Gasteiger partial charge in [0.1, 0.15) is 0 Å². The Morgan fingerprint density at radius 3 is 2.50 bits per heavy atom. The van der Waals surface area contributed by atoms with Crippen LogP contribution in [-0.4, -0.2) is 53.0 Å². The fourth-order valence-electron chi connectivity index (χ4n) is 3.51. The highest BCUT2D eigenvalue weighted by molar-refractivity contribution is 14.0. The molecule has 0 aromatic heterocycles. The summed E-state index contributed by atoms with van der Waals surface area (Å²) < 4.78 is 30.7. The molecule has 2 unspecified atom stereocenters. The first-order valence-electron chi connectivity index (χ1n) is 9.58. The molecule has 1 heterocycles. The number of ether oxygens (including phenoxy) is 1. The van der Waals surface area contributed by atoms with Gasteiger partial charge in [-0.05, 0) is 30.4 Å². The van der Waals surface area contributed by atoms with Gasteiger partial charge in [0.25, 0.3) is 0 Å². The van der Waals surface area contributed by atoms with Crippen LogP contribution in [0.5, 0.6) is 0 Å². The molecular formula is C20H34IN3O3S. The van der Waals surface area contributed by atoms with E-state index < -0.39 is 9.84 Å². The zero-order valence-electron chi connectivity index (χ0n) is 17.3. The molecule has 1 fully saturated rings. The van der Waals surface area contributed by atoms with Gasteiger partial charge in [-0.15, -0.1) is 24.0 Å². The maximum absolute atomic E-state index is 12.3. The highest BCUT2D eigenvalue weighted by Gasteiger charge is 2.35. The molecule has 2 atom stereocenters. The van der Waals surface area contributed by atoms with E-state index in [0.717, 1.165) is 26.0 Å². The van der Waals surface area contributed by atoms with Gasteiger partial charge in [-0.1, -0.05) is 39.0 Å². The molecule has 0 radical (unpaired) electrons. The fourth-order valence-corrected chi connectivity index (χ4v) is 4.69. The number of nitrogens with one attached hydrogen (secondary N) is 2. The zero-order chi connectivity index (χ0) is 19.9. The molecule has 8 heteroatoms. The molecule has 1 aromatic carbocycles. The van der Waals surface area contributed by atoms with Crippen molar-refractivity contribution < 1.29 is 13.2 Å². The standard InChI is InChI=1S/C20H33N3O3S.HI/c1-20(2,3)18-16(9-8-13-26-18)15-23-19(21-4)22-12-14-27(24,25)17-10-6-5-7-11-17;/h5-7,10-11,16,18H,8-9,12-15H2,1-4H3,(H2,21,22,23);1H. The first-order chi connectivity index (χ1) is 12.7. The molecule has 0 bridgehead atoms. The van der Waals surface area contributed by atoms with Crippen molar-refractivity contribution in [2.24, 2.45) is 16.3 Å². The summed E-state index contributed by atoms with van der Waals surface area (Å²) in [4.78, 5) is 4.56. The van der Waals surface area contributed by atoms with Gasteiger partial charge >= 0.3 is 0 Å². The minimum atomic E-state index is -3.29. The number of hydrogen-bond acceptors (Lipinski definition) is 4. The molecule has 1 aliphatic heterocycles. The van der Waals surface area contributed by atoms with Gasteiger partial charge in [0.2, 0.25) is 0 Å². The highest BCUT2D eigenvalue weighted by Crippen LogP contribution is 2.33. The lowest BCUT2D eigenvalue weighted by Crippen LogP contribution is -2.48. The third-order valence-corrected chi connectivity index (χ3v) is 6.55. The number of halogens is 1. The van der Waals surface area contributed by atoms with E-state index in [9.17, 15) is 8.42 Å². The number of hydrogen-bond donors (Lipinski definition) is 2. The molecule has 28 heavy (non-hydrogen) atoms. The van der Waals surface area contributed by atoms with Gasteiger partial charge < -0.3 is 15.4 Å². The minimum Gasteiger partial charge on any atom is -0.377 e. The van der Waals surface area contributed by atoms with E-state index in [1.165, 1.54) is 0 Å². The molecule has 0 amide bonds. The van der Waals surface area contributed by atoms with Crippen molar-refractivity contribution in [1.82, 2.24) is 10.6 Å². The Morgan fingerprint density at radius 2 is 1.89 bits per heavy atom. The average Bonchev–Trinajstić information content (AvgIpc) is 2.64. The van der Waals surface area contributed by atoms with Crippen LogP contribution in [0, 0.1) is 11.3 Å². The van der Waals surface area contributed by atoms with Crippen molar-refractivity contribution in [3.8, 4) is 0 Å². The van der Waals surface area contributed by atoms with Crippen molar-refractivity contribution in [1.29, 1.82) is 0 Å². The van der Waals surface area contributed by atoms with Gasteiger partial charge in [0.15, 0.2) is 15.8 Å². The average molecular weight is 523 g/mol. The van der Waals surface area contributed by atoms with Crippen LogP contribution in [0.3, 0.4) is 0 Å². The molecule has 160 valence electrons. The van der Waals surface area contributed by atoms with Crippen LogP contribution in [0.25, 0.3) is 0 Å². The molecular weight excluding hydrogens is 489 g/mol. The summed E-state index contributed by atoms with van der Waals surface area (Å²) in [6.45, 7) is 8.50. The third-order valence-electron chi connectivity index (χ3n) is 4.82. The Morgan fingerprint density at radius 1 is 1.21 bits per heavy atom.